The van der Waals surface area contributed by atoms with Crippen molar-refractivity contribution in [2.45, 2.75) is 27.7 Å². The number of carbonyl (C=O) groups is 2. The standard InChI is InChI=1S/C20H26N2O4/c1-5-22(17-8-6-7-14(2)11-17)10-9-21-19(23)13-25-20(24)18-12-15(3)26-16(18)4/h6-8,11-12H,5,9-10,13H2,1-4H3,(H,21,23). The summed E-state index contributed by atoms with van der Waals surface area (Å²) in [6, 6.07) is 9.84. The van der Waals surface area contributed by atoms with Gasteiger partial charge in [-0.1, -0.05) is 12.1 Å². The molecule has 1 amide bonds. The second-order valence-electron chi connectivity index (χ2n) is 6.17. The zero-order valence-corrected chi connectivity index (χ0v) is 15.8. The summed E-state index contributed by atoms with van der Waals surface area (Å²) < 4.78 is 10.3. The number of esters is 1. The molecule has 6 nitrogen and oxygen atoms in total. The van der Waals surface area contributed by atoms with Crippen LogP contribution in [0.3, 0.4) is 0 Å². The molecule has 0 aliphatic rings. The first-order chi connectivity index (χ1) is 12.4. The highest BCUT2D eigenvalue weighted by Crippen LogP contribution is 2.15. The molecule has 0 radical (unpaired) electrons. The molecule has 2 rings (SSSR count). The summed E-state index contributed by atoms with van der Waals surface area (Å²) in [5, 5.41) is 2.78. The van der Waals surface area contributed by atoms with Crippen LogP contribution in [0.2, 0.25) is 0 Å². The molecular weight excluding hydrogens is 332 g/mol. The van der Waals surface area contributed by atoms with Crippen molar-refractivity contribution in [2.24, 2.45) is 0 Å². The highest BCUT2D eigenvalue weighted by atomic mass is 16.5. The number of hydrogen-bond donors (Lipinski definition) is 1. The number of nitrogens with zero attached hydrogens (tertiary/aromatic N) is 1. The number of rotatable bonds is 8. The summed E-state index contributed by atoms with van der Waals surface area (Å²) in [6.07, 6.45) is 0. The lowest BCUT2D eigenvalue weighted by atomic mass is 10.2. The normalized spacial score (nSPS) is 10.5. The number of aryl methyl sites for hydroxylation is 3. The zero-order chi connectivity index (χ0) is 19.1. The number of benzene rings is 1. The van der Waals surface area contributed by atoms with Gasteiger partial charge in [0.05, 0.1) is 0 Å². The number of amides is 1. The molecule has 0 fully saturated rings. The summed E-state index contributed by atoms with van der Waals surface area (Å²) >= 11 is 0. The minimum absolute atomic E-state index is 0.306. The molecule has 140 valence electrons. The molecule has 0 aliphatic carbocycles. The van der Waals surface area contributed by atoms with Gasteiger partial charge < -0.3 is 19.4 Å². The predicted molar refractivity (Wildman–Crippen MR) is 101 cm³/mol. The van der Waals surface area contributed by atoms with E-state index in [1.54, 1.807) is 19.9 Å². The fourth-order valence-electron chi connectivity index (χ4n) is 2.72. The molecule has 0 bridgehead atoms. The van der Waals surface area contributed by atoms with Crippen LogP contribution < -0.4 is 10.2 Å². The van der Waals surface area contributed by atoms with Crippen LogP contribution >= 0.6 is 0 Å². The summed E-state index contributed by atoms with van der Waals surface area (Å²) in [7, 11) is 0. The first-order valence-corrected chi connectivity index (χ1v) is 8.73. The highest BCUT2D eigenvalue weighted by molar-refractivity contribution is 5.92. The number of ether oxygens (including phenoxy) is 1. The van der Waals surface area contributed by atoms with Gasteiger partial charge in [0.15, 0.2) is 6.61 Å². The van der Waals surface area contributed by atoms with Gasteiger partial charge in [0.25, 0.3) is 5.91 Å². The van der Waals surface area contributed by atoms with Crippen molar-refractivity contribution in [1.29, 1.82) is 0 Å². The fourth-order valence-corrected chi connectivity index (χ4v) is 2.72. The third-order valence-electron chi connectivity index (χ3n) is 4.05. The van der Waals surface area contributed by atoms with E-state index in [2.05, 4.69) is 42.3 Å². The van der Waals surface area contributed by atoms with E-state index in [4.69, 9.17) is 9.15 Å². The lowest BCUT2D eigenvalue weighted by molar-refractivity contribution is -0.124. The Morgan fingerprint density at radius 3 is 2.58 bits per heavy atom. The Morgan fingerprint density at radius 2 is 1.96 bits per heavy atom. The van der Waals surface area contributed by atoms with Gasteiger partial charge in [0, 0.05) is 25.3 Å². The Morgan fingerprint density at radius 1 is 1.19 bits per heavy atom. The topological polar surface area (TPSA) is 71.8 Å². The Labute approximate surface area is 154 Å². The molecule has 1 aromatic carbocycles. The molecule has 0 unspecified atom stereocenters. The molecule has 0 saturated heterocycles. The van der Waals surface area contributed by atoms with Gasteiger partial charge in [-0.15, -0.1) is 0 Å². The van der Waals surface area contributed by atoms with Crippen molar-refractivity contribution in [3.05, 3.63) is 53.0 Å². The van der Waals surface area contributed by atoms with Crippen LogP contribution in [0.5, 0.6) is 0 Å². The van der Waals surface area contributed by atoms with E-state index < -0.39 is 5.97 Å². The van der Waals surface area contributed by atoms with E-state index in [1.165, 1.54) is 5.56 Å². The molecule has 26 heavy (non-hydrogen) atoms. The smallest absolute Gasteiger partial charge is 0.342 e. The number of anilines is 1. The highest BCUT2D eigenvalue weighted by Gasteiger charge is 2.16. The predicted octanol–water partition coefficient (Wildman–Crippen LogP) is 3.00. The number of nitrogens with one attached hydrogen (secondary N) is 1. The Bertz CT molecular complexity index is 767. The summed E-state index contributed by atoms with van der Waals surface area (Å²) in [4.78, 5) is 26.0. The molecule has 0 atom stereocenters. The average Bonchev–Trinajstić information content (AvgIpc) is 2.95. The summed E-state index contributed by atoms with van der Waals surface area (Å²) in [6.45, 7) is 9.25. The molecule has 1 N–H and O–H groups in total. The van der Waals surface area contributed by atoms with Crippen molar-refractivity contribution in [1.82, 2.24) is 5.32 Å². The third kappa shape index (κ3) is 5.37. The van der Waals surface area contributed by atoms with Crippen LogP contribution in [0.1, 0.15) is 34.4 Å². The van der Waals surface area contributed by atoms with Gasteiger partial charge in [-0.05, 0) is 51.5 Å². The quantitative estimate of drug-likeness (QED) is 0.735. The first kappa shape index (κ1) is 19.6. The molecule has 2 aromatic rings. The van der Waals surface area contributed by atoms with E-state index in [0.717, 1.165) is 12.2 Å². The van der Waals surface area contributed by atoms with Gasteiger partial charge in [-0.3, -0.25) is 4.79 Å². The maximum atomic E-state index is 12.0. The van der Waals surface area contributed by atoms with E-state index in [9.17, 15) is 9.59 Å². The van der Waals surface area contributed by atoms with Crippen molar-refractivity contribution in [3.63, 3.8) is 0 Å². The maximum Gasteiger partial charge on any atom is 0.342 e. The van der Waals surface area contributed by atoms with Crippen molar-refractivity contribution < 1.29 is 18.7 Å². The minimum Gasteiger partial charge on any atom is -0.466 e. The SMILES string of the molecule is CCN(CCNC(=O)COC(=O)c1cc(C)oc1C)c1cccc(C)c1. The lowest BCUT2D eigenvalue weighted by Gasteiger charge is -2.23. The Balaban J connectivity index is 1.76. The number of likely N-dealkylation sites (N-methyl/N-ethyl adjacent to an activating group) is 1. The van der Waals surface area contributed by atoms with Gasteiger partial charge >= 0.3 is 5.97 Å². The van der Waals surface area contributed by atoms with Crippen molar-refractivity contribution in [3.8, 4) is 0 Å². The van der Waals surface area contributed by atoms with Crippen LogP contribution in [0, 0.1) is 20.8 Å². The van der Waals surface area contributed by atoms with Crippen LogP contribution in [0.25, 0.3) is 0 Å². The summed E-state index contributed by atoms with van der Waals surface area (Å²) in [5.41, 5.74) is 2.67. The molecule has 0 aliphatic heterocycles. The third-order valence-corrected chi connectivity index (χ3v) is 4.05. The number of furan rings is 1. The van der Waals surface area contributed by atoms with Gasteiger partial charge in [0.2, 0.25) is 0 Å². The largest absolute Gasteiger partial charge is 0.466 e. The fraction of sp³-hybridized carbons (Fsp3) is 0.400. The molecule has 1 aromatic heterocycles. The molecule has 1 heterocycles. The molecular formula is C20H26N2O4. The van der Waals surface area contributed by atoms with Crippen LogP contribution in [-0.4, -0.2) is 38.1 Å². The van der Waals surface area contributed by atoms with E-state index in [-0.39, 0.29) is 12.5 Å². The Kier molecular flexibility index (Phi) is 6.83. The summed E-state index contributed by atoms with van der Waals surface area (Å²) in [5.74, 6) is 0.250. The minimum atomic E-state index is -0.551. The lowest BCUT2D eigenvalue weighted by Crippen LogP contribution is -2.36. The Hall–Kier alpha value is -2.76. The van der Waals surface area contributed by atoms with Gasteiger partial charge in [0.1, 0.15) is 17.1 Å². The van der Waals surface area contributed by atoms with E-state index >= 15 is 0 Å². The van der Waals surface area contributed by atoms with E-state index in [0.29, 0.717) is 30.2 Å². The van der Waals surface area contributed by atoms with Crippen LogP contribution in [0.15, 0.2) is 34.7 Å². The second kappa shape index (κ2) is 9.08. The van der Waals surface area contributed by atoms with Crippen molar-refractivity contribution >= 4 is 17.6 Å². The van der Waals surface area contributed by atoms with Crippen LogP contribution in [0.4, 0.5) is 5.69 Å². The number of hydrogen-bond acceptors (Lipinski definition) is 5. The molecule has 0 saturated carbocycles. The monoisotopic (exact) mass is 358 g/mol. The van der Waals surface area contributed by atoms with Gasteiger partial charge in [-0.25, -0.2) is 4.79 Å². The van der Waals surface area contributed by atoms with Crippen molar-refractivity contribution in [2.75, 3.05) is 31.1 Å². The first-order valence-electron chi connectivity index (χ1n) is 8.73. The zero-order valence-electron chi connectivity index (χ0n) is 15.8. The molecule has 6 heteroatoms. The number of carbonyl (C=O) groups excluding carboxylic acids is 2. The second-order valence-corrected chi connectivity index (χ2v) is 6.17. The van der Waals surface area contributed by atoms with E-state index in [1.807, 2.05) is 6.07 Å². The molecule has 0 spiro atoms. The van der Waals surface area contributed by atoms with Crippen LogP contribution in [-0.2, 0) is 9.53 Å². The van der Waals surface area contributed by atoms with Gasteiger partial charge in [-0.2, -0.15) is 0 Å². The maximum absolute atomic E-state index is 12.0. The average molecular weight is 358 g/mol.